The van der Waals surface area contributed by atoms with E-state index in [1.165, 1.54) is 0 Å². The molecule has 1 aromatic rings. The minimum absolute atomic E-state index is 0.0276. The van der Waals surface area contributed by atoms with E-state index in [1.807, 2.05) is 4.90 Å². The number of alkyl halides is 2. The Kier molecular flexibility index (Phi) is 4.45. The van der Waals surface area contributed by atoms with Crippen LogP contribution in [-0.4, -0.2) is 41.7 Å². The number of fused-ring (bicyclic) bond motifs is 2. The summed E-state index contributed by atoms with van der Waals surface area (Å²) in [6, 6.07) is 7.09. The largest absolute Gasteiger partial charge is 0.331 e. The van der Waals surface area contributed by atoms with E-state index in [-0.39, 0.29) is 11.9 Å². The molecule has 2 aliphatic heterocycles. The molecule has 0 spiro atoms. The Labute approximate surface area is 127 Å². The highest BCUT2D eigenvalue weighted by atomic mass is 32.2. The average molecular weight is 312 g/mol. The van der Waals surface area contributed by atoms with Gasteiger partial charge in [0.05, 0.1) is 0 Å². The van der Waals surface area contributed by atoms with Gasteiger partial charge in [-0.3, -0.25) is 4.79 Å². The molecule has 1 amide bonds. The summed E-state index contributed by atoms with van der Waals surface area (Å²) in [7, 11) is 0. The van der Waals surface area contributed by atoms with E-state index >= 15 is 0 Å². The van der Waals surface area contributed by atoms with Crippen LogP contribution in [0.4, 0.5) is 8.78 Å². The van der Waals surface area contributed by atoms with Crippen LogP contribution in [0.15, 0.2) is 29.2 Å². The summed E-state index contributed by atoms with van der Waals surface area (Å²) in [5.41, 5.74) is 0.590. The number of halogens is 2. The lowest BCUT2D eigenvalue weighted by Gasteiger charge is -2.28. The molecular formula is C15H18F2N2OS. The van der Waals surface area contributed by atoms with Gasteiger partial charge in [-0.15, -0.1) is 0 Å². The molecule has 1 N–H and O–H groups in total. The zero-order chi connectivity index (χ0) is 14.8. The Hall–Kier alpha value is -1.14. The fourth-order valence-corrected chi connectivity index (χ4v) is 3.74. The first-order valence-corrected chi connectivity index (χ1v) is 8.11. The maximum absolute atomic E-state index is 12.7. The monoisotopic (exact) mass is 312 g/mol. The molecule has 3 rings (SSSR count). The number of nitrogens with zero attached hydrogens (tertiary/aromatic N) is 1. The van der Waals surface area contributed by atoms with E-state index in [9.17, 15) is 13.6 Å². The van der Waals surface area contributed by atoms with Crippen LogP contribution in [0, 0.1) is 0 Å². The summed E-state index contributed by atoms with van der Waals surface area (Å²) in [4.78, 5) is 15.2. The van der Waals surface area contributed by atoms with Crippen molar-refractivity contribution in [3.8, 4) is 0 Å². The van der Waals surface area contributed by atoms with Gasteiger partial charge in [-0.2, -0.15) is 8.78 Å². The first kappa shape index (κ1) is 14.8. The number of hydrogen-bond acceptors (Lipinski definition) is 3. The molecule has 0 aliphatic carbocycles. The van der Waals surface area contributed by atoms with Crippen LogP contribution in [0.1, 0.15) is 29.6 Å². The van der Waals surface area contributed by atoms with Gasteiger partial charge in [-0.05, 0) is 50.1 Å². The fourth-order valence-electron chi connectivity index (χ4n) is 3.24. The van der Waals surface area contributed by atoms with Crippen LogP contribution in [0.3, 0.4) is 0 Å². The molecule has 114 valence electrons. The molecule has 2 unspecified atom stereocenters. The van der Waals surface area contributed by atoms with Crippen LogP contribution < -0.4 is 5.32 Å². The van der Waals surface area contributed by atoms with Gasteiger partial charge in [-0.1, -0.05) is 11.8 Å². The van der Waals surface area contributed by atoms with Gasteiger partial charge in [0.2, 0.25) is 0 Å². The third-order valence-corrected chi connectivity index (χ3v) is 4.94. The normalized spacial score (nSPS) is 25.2. The Bertz CT molecular complexity index is 495. The average Bonchev–Trinajstić information content (AvgIpc) is 2.71. The van der Waals surface area contributed by atoms with Gasteiger partial charge in [0.15, 0.2) is 0 Å². The summed E-state index contributed by atoms with van der Waals surface area (Å²) >= 11 is 0.503. The first-order valence-electron chi connectivity index (χ1n) is 7.23. The van der Waals surface area contributed by atoms with E-state index in [4.69, 9.17) is 0 Å². The van der Waals surface area contributed by atoms with Crippen molar-refractivity contribution in [1.82, 2.24) is 10.2 Å². The molecule has 3 nitrogen and oxygen atoms in total. The van der Waals surface area contributed by atoms with Gasteiger partial charge in [0, 0.05) is 29.1 Å². The van der Waals surface area contributed by atoms with Gasteiger partial charge in [-0.25, -0.2) is 0 Å². The standard InChI is InChI=1S/C15H18F2N2OS/c16-15(17)21-13-5-1-10(2-6-13)14(20)19-11-3-4-12(19)9-18-8-7-11/h1-2,5-6,11-12,15,18H,3-4,7-9H2. The Morgan fingerprint density at radius 1 is 1.19 bits per heavy atom. The highest BCUT2D eigenvalue weighted by Gasteiger charge is 2.38. The second kappa shape index (κ2) is 6.32. The van der Waals surface area contributed by atoms with Crippen molar-refractivity contribution in [1.29, 1.82) is 0 Å². The van der Waals surface area contributed by atoms with Crippen LogP contribution in [0.2, 0.25) is 0 Å². The summed E-state index contributed by atoms with van der Waals surface area (Å²) in [6.45, 7) is 1.80. The highest BCUT2D eigenvalue weighted by molar-refractivity contribution is 7.99. The topological polar surface area (TPSA) is 32.3 Å². The van der Waals surface area contributed by atoms with E-state index < -0.39 is 5.76 Å². The summed E-state index contributed by atoms with van der Waals surface area (Å²) in [6.07, 6.45) is 3.10. The molecule has 2 atom stereocenters. The first-order chi connectivity index (χ1) is 10.1. The van der Waals surface area contributed by atoms with E-state index in [1.54, 1.807) is 24.3 Å². The van der Waals surface area contributed by atoms with Crippen molar-refractivity contribution in [3.63, 3.8) is 0 Å². The van der Waals surface area contributed by atoms with E-state index in [2.05, 4.69) is 5.32 Å². The second-order valence-corrected chi connectivity index (χ2v) is 6.56. The number of benzene rings is 1. The minimum atomic E-state index is -2.43. The number of carbonyl (C=O) groups excluding carboxylic acids is 1. The van der Waals surface area contributed by atoms with Crippen LogP contribution in [0.5, 0.6) is 0 Å². The number of nitrogens with one attached hydrogen (secondary N) is 1. The number of rotatable bonds is 3. The van der Waals surface area contributed by atoms with Crippen LogP contribution >= 0.6 is 11.8 Å². The van der Waals surface area contributed by atoms with E-state index in [0.717, 1.165) is 32.4 Å². The highest BCUT2D eigenvalue weighted by Crippen LogP contribution is 2.30. The molecule has 2 heterocycles. The van der Waals surface area contributed by atoms with E-state index in [0.29, 0.717) is 28.3 Å². The lowest BCUT2D eigenvalue weighted by Crippen LogP contribution is -2.42. The lowest BCUT2D eigenvalue weighted by molar-refractivity contribution is 0.0680. The quantitative estimate of drug-likeness (QED) is 0.871. The molecule has 2 bridgehead atoms. The van der Waals surface area contributed by atoms with Crippen molar-refractivity contribution in [2.24, 2.45) is 0 Å². The predicted molar refractivity (Wildman–Crippen MR) is 78.8 cm³/mol. The number of carbonyl (C=O) groups is 1. The zero-order valence-corrected chi connectivity index (χ0v) is 12.4. The molecular weight excluding hydrogens is 294 g/mol. The molecule has 2 saturated heterocycles. The third kappa shape index (κ3) is 3.21. The number of thioether (sulfide) groups is 1. The fraction of sp³-hybridized carbons (Fsp3) is 0.533. The summed E-state index contributed by atoms with van der Waals surface area (Å²) in [5.74, 6) is -2.40. The van der Waals surface area contributed by atoms with Crippen molar-refractivity contribution < 1.29 is 13.6 Å². The molecule has 0 aromatic heterocycles. The minimum Gasteiger partial charge on any atom is -0.331 e. The molecule has 0 saturated carbocycles. The number of amides is 1. The molecule has 1 aromatic carbocycles. The predicted octanol–water partition coefficient (Wildman–Crippen LogP) is 2.97. The van der Waals surface area contributed by atoms with Crippen LogP contribution in [-0.2, 0) is 0 Å². The Morgan fingerprint density at radius 3 is 2.62 bits per heavy atom. The smallest absolute Gasteiger partial charge is 0.288 e. The Balaban J connectivity index is 1.75. The van der Waals surface area contributed by atoms with Crippen molar-refractivity contribution in [2.75, 3.05) is 13.1 Å². The lowest BCUT2D eigenvalue weighted by atomic mass is 10.1. The van der Waals surface area contributed by atoms with Gasteiger partial charge in [0.1, 0.15) is 0 Å². The van der Waals surface area contributed by atoms with Crippen molar-refractivity contribution in [2.45, 2.75) is 42.0 Å². The SMILES string of the molecule is O=C(c1ccc(SC(F)F)cc1)N1C2CCNCC1CC2. The maximum Gasteiger partial charge on any atom is 0.288 e. The third-order valence-electron chi connectivity index (χ3n) is 4.22. The van der Waals surface area contributed by atoms with Crippen LogP contribution in [0.25, 0.3) is 0 Å². The molecule has 0 radical (unpaired) electrons. The van der Waals surface area contributed by atoms with Crippen molar-refractivity contribution in [3.05, 3.63) is 29.8 Å². The van der Waals surface area contributed by atoms with Gasteiger partial charge < -0.3 is 10.2 Å². The zero-order valence-electron chi connectivity index (χ0n) is 11.6. The molecule has 2 aliphatic rings. The molecule has 21 heavy (non-hydrogen) atoms. The Morgan fingerprint density at radius 2 is 1.90 bits per heavy atom. The van der Waals surface area contributed by atoms with Gasteiger partial charge in [0.25, 0.3) is 11.7 Å². The maximum atomic E-state index is 12.7. The van der Waals surface area contributed by atoms with Gasteiger partial charge >= 0.3 is 0 Å². The summed E-state index contributed by atoms with van der Waals surface area (Å²) in [5, 5.41) is 3.37. The molecule has 6 heteroatoms. The van der Waals surface area contributed by atoms with Crippen molar-refractivity contribution >= 4 is 17.7 Å². The summed E-state index contributed by atoms with van der Waals surface area (Å²) < 4.78 is 24.6. The molecule has 2 fully saturated rings. The number of hydrogen-bond donors (Lipinski definition) is 1. The second-order valence-electron chi connectivity index (χ2n) is 5.49.